The van der Waals surface area contributed by atoms with Crippen LogP contribution < -0.4 is 14.3 Å². The molecule has 170 valence electrons. The van der Waals surface area contributed by atoms with E-state index in [1.165, 1.54) is 0 Å². The van der Waals surface area contributed by atoms with Gasteiger partial charge in [0.2, 0.25) is 10.0 Å². The van der Waals surface area contributed by atoms with Crippen LogP contribution in [0.25, 0.3) is 10.2 Å². The standard InChI is InChI=1S/C25H24N2O4S2/c1-25(2)15-20(19-10-6-7-11-22(19)31-25)26-33(29,30)18-12-13-21-23(14-18)32-24(28)27(21)16-17-8-4-3-5-9-17/h3-14,20,26H,15-16H2,1-2H3. The van der Waals surface area contributed by atoms with Gasteiger partial charge in [0, 0.05) is 12.0 Å². The number of sulfonamides is 1. The Morgan fingerprint density at radius 2 is 1.79 bits per heavy atom. The van der Waals surface area contributed by atoms with Crippen LogP contribution in [0, 0.1) is 0 Å². The number of aromatic nitrogens is 1. The number of nitrogens with zero attached hydrogens (tertiary/aromatic N) is 1. The molecule has 6 nitrogen and oxygen atoms in total. The third-order valence-electron chi connectivity index (χ3n) is 5.81. The highest BCUT2D eigenvalue weighted by Gasteiger charge is 2.36. The second-order valence-electron chi connectivity index (χ2n) is 8.85. The summed E-state index contributed by atoms with van der Waals surface area (Å²) in [7, 11) is -3.82. The number of thiazole rings is 1. The largest absolute Gasteiger partial charge is 0.487 e. The molecule has 0 spiro atoms. The van der Waals surface area contributed by atoms with Crippen LogP contribution in [-0.4, -0.2) is 18.6 Å². The van der Waals surface area contributed by atoms with Crippen LogP contribution in [0.5, 0.6) is 5.75 Å². The molecule has 1 N–H and O–H groups in total. The molecule has 0 aliphatic carbocycles. The Balaban J connectivity index is 1.47. The molecule has 0 amide bonds. The predicted octanol–water partition coefficient (Wildman–Crippen LogP) is 4.69. The normalized spacial score (nSPS) is 17.5. The number of fused-ring (bicyclic) bond motifs is 2. The van der Waals surface area contributed by atoms with Gasteiger partial charge in [0.1, 0.15) is 11.4 Å². The van der Waals surface area contributed by atoms with Gasteiger partial charge in [0.15, 0.2) is 0 Å². The monoisotopic (exact) mass is 480 g/mol. The fourth-order valence-corrected chi connectivity index (χ4v) is 6.54. The Bertz CT molecular complexity index is 1490. The van der Waals surface area contributed by atoms with Crippen molar-refractivity contribution in [1.29, 1.82) is 0 Å². The molecule has 1 aliphatic heterocycles. The molecule has 8 heteroatoms. The van der Waals surface area contributed by atoms with Crippen LogP contribution in [0.4, 0.5) is 0 Å². The minimum Gasteiger partial charge on any atom is -0.487 e. The highest BCUT2D eigenvalue weighted by molar-refractivity contribution is 7.89. The minimum absolute atomic E-state index is 0.114. The molecular weight excluding hydrogens is 456 g/mol. The summed E-state index contributed by atoms with van der Waals surface area (Å²) in [6.07, 6.45) is 0.506. The summed E-state index contributed by atoms with van der Waals surface area (Å²) in [5, 5.41) is 0. The fourth-order valence-electron chi connectivity index (χ4n) is 4.29. The van der Waals surface area contributed by atoms with Crippen molar-refractivity contribution in [1.82, 2.24) is 9.29 Å². The summed E-state index contributed by atoms with van der Waals surface area (Å²) in [5.41, 5.74) is 2.06. The van der Waals surface area contributed by atoms with Crippen molar-refractivity contribution >= 4 is 31.6 Å². The van der Waals surface area contributed by atoms with Crippen molar-refractivity contribution in [3.8, 4) is 5.75 Å². The molecule has 3 aromatic carbocycles. The van der Waals surface area contributed by atoms with Crippen molar-refractivity contribution in [2.24, 2.45) is 0 Å². The highest BCUT2D eigenvalue weighted by Crippen LogP contribution is 2.40. The first-order chi connectivity index (χ1) is 15.7. The first-order valence-electron chi connectivity index (χ1n) is 10.7. The van der Waals surface area contributed by atoms with E-state index in [4.69, 9.17) is 4.74 Å². The Morgan fingerprint density at radius 3 is 2.58 bits per heavy atom. The average molecular weight is 481 g/mol. The molecule has 4 aromatic rings. The lowest BCUT2D eigenvalue weighted by atomic mass is 9.90. The summed E-state index contributed by atoms with van der Waals surface area (Å²) < 4.78 is 37.8. The molecule has 0 radical (unpaired) electrons. The zero-order chi connectivity index (χ0) is 23.2. The van der Waals surface area contributed by atoms with Gasteiger partial charge in [-0.1, -0.05) is 59.9 Å². The van der Waals surface area contributed by atoms with E-state index in [9.17, 15) is 13.2 Å². The summed E-state index contributed by atoms with van der Waals surface area (Å²) >= 11 is 1.06. The van der Waals surface area contributed by atoms with Crippen LogP contribution in [0.15, 0.2) is 82.5 Å². The quantitative estimate of drug-likeness (QED) is 0.450. The molecule has 1 atom stereocenters. The smallest absolute Gasteiger partial charge is 0.308 e. The van der Waals surface area contributed by atoms with Gasteiger partial charge in [-0.05, 0) is 43.7 Å². The molecular formula is C25H24N2O4S2. The van der Waals surface area contributed by atoms with Crippen LogP contribution in [-0.2, 0) is 16.6 Å². The lowest BCUT2D eigenvalue weighted by Crippen LogP contribution is -2.41. The van der Waals surface area contributed by atoms with Crippen molar-refractivity contribution in [2.75, 3.05) is 0 Å². The van der Waals surface area contributed by atoms with Crippen molar-refractivity contribution in [3.63, 3.8) is 0 Å². The SMILES string of the molecule is CC1(C)CC(NS(=O)(=O)c2ccc3c(c2)sc(=O)n3Cc2ccccc2)c2ccccc2O1. The van der Waals surface area contributed by atoms with Gasteiger partial charge in [-0.2, -0.15) is 0 Å². The van der Waals surface area contributed by atoms with E-state index in [2.05, 4.69) is 4.72 Å². The lowest BCUT2D eigenvalue weighted by Gasteiger charge is -2.37. The van der Waals surface area contributed by atoms with E-state index < -0.39 is 21.7 Å². The Hall–Kier alpha value is -2.94. The van der Waals surface area contributed by atoms with Gasteiger partial charge < -0.3 is 4.74 Å². The highest BCUT2D eigenvalue weighted by atomic mass is 32.2. The maximum atomic E-state index is 13.3. The molecule has 0 saturated carbocycles. The van der Waals surface area contributed by atoms with E-state index >= 15 is 0 Å². The number of rotatable bonds is 5. The molecule has 5 rings (SSSR count). The summed E-state index contributed by atoms with van der Waals surface area (Å²) in [6, 6.07) is 21.7. The van der Waals surface area contributed by atoms with Gasteiger partial charge in [0.25, 0.3) is 0 Å². The lowest BCUT2D eigenvalue weighted by molar-refractivity contribution is 0.0702. The van der Waals surface area contributed by atoms with E-state index in [1.807, 2.05) is 68.4 Å². The van der Waals surface area contributed by atoms with E-state index in [-0.39, 0.29) is 9.77 Å². The number of hydrogen-bond donors (Lipinski definition) is 1. The van der Waals surface area contributed by atoms with Crippen molar-refractivity contribution in [3.05, 3.63) is 93.6 Å². The van der Waals surface area contributed by atoms with Gasteiger partial charge in [-0.3, -0.25) is 9.36 Å². The van der Waals surface area contributed by atoms with E-state index in [0.717, 1.165) is 28.0 Å². The maximum absolute atomic E-state index is 13.3. The van der Waals surface area contributed by atoms with Crippen molar-refractivity contribution < 1.29 is 13.2 Å². The van der Waals surface area contributed by atoms with Crippen LogP contribution >= 0.6 is 11.3 Å². The molecule has 2 heterocycles. The Kier molecular flexibility index (Phi) is 5.39. The first-order valence-corrected chi connectivity index (χ1v) is 13.0. The van der Waals surface area contributed by atoms with Gasteiger partial charge in [-0.15, -0.1) is 0 Å². The molecule has 0 fully saturated rings. The van der Waals surface area contributed by atoms with E-state index in [0.29, 0.717) is 23.4 Å². The molecule has 0 saturated heterocycles. The first kappa shape index (κ1) is 21.9. The molecule has 1 aliphatic rings. The molecule has 1 aromatic heterocycles. The summed E-state index contributed by atoms with van der Waals surface area (Å²) in [5.74, 6) is 0.688. The number of nitrogens with one attached hydrogen (secondary N) is 1. The second kappa shape index (κ2) is 8.13. The topological polar surface area (TPSA) is 77.4 Å². The zero-order valence-electron chi connectivity index (χ0n) is 18.3. The number of para-hydroxylation sites is 1. The van der Waals surface area contributed by atoms with E-state index in [1.54, 1.807) is 22.8 Å². The number of ether oxygens (including phenoxy) is 1. The van der Waals surface area contributed by atoms with Gasteiger partial charge in [0.05, 0.1) is 27.7 Å². The van der Waals surface area contributed by atoms with Crippen molar-refractivity contribution in [2.45, 2.75) is 43.4 Å². The Labute approximate surface area is 196 Å². The molecule has 0 bridgehead atoms. The maximum Gasteiger partial charge on any atom is 0.308 e. The second-order valence-corrected chi connectivity index (χ2v) is 11.6. The predicted molar refractivity (Wildman–Crippen MR) is 130 cm³/mol. The van der Waals surface area contributed by atoms with Crippen LogP contribution in [0.3, 0.4) is 0 Å². The van der Waals surface area contributed by atoms with Gasteiger partial charge in [-0.25, -0.2) is 13.1 Å². The Morgan fingerprint density at radius 1 is 1.06 bits per heavy atom. The summed E-state index contributed by atoms with van der Waals surface area (Å²) in [6.45, 7) is 4.34. The fraction of sp³-hybridized carbons (Fsp3) is 0.240. The third-order valence-corrected chi connectivity index (χ3v) is 8.22. The zero-order valence-corrected chi connectivity index (χ0v) is 19.9. The number of benzene rings is 3. The van der Waals surface area contributed by atoms with Crippen LogP contribution in [0.1, 0.15) is 37.4 Å². The molecule has 33 heavy (non-hydrogen) atoms. The molecule has 1 unspecified atom stereocenters. The third kappa shape index (κ3) is 4.34. The summed E-state index contributed by atoms with van der Waals surface area (Å²) in [4.78, 5) is 12.7. The van der Waals surface area contributed by atoms with Crippen LogP contribution in [0.2, 0.25) is 0 Å². The average Bonchev–Trinajstić information content (AvgIpc) is 3.08. The number of hydrogen-bond acceptors (Lipinski definition) is 5. The van der Waals surface area contributed by atoms with Gasteiger partial charge >= 0.3 is 4.87 Å². The minimum atomic E-state index is -3.82.